The van der Waals surface area contributed by atoms with Gasteiger partial charge in [-0.2, -0.15) is 0 Å². The highest BCUT2D eigenvalue weighted by atomic mass is 16.5. The first-order valence-corrected chi connectivity index (χ1v) is 2.38. The lowest BCUT2D eigenvalue weighted by molar-refractivity contribution is 0.197. The van der Waals surface area contributed by atoms with Gasteiger partial charge in [0.25, 0.3) is 6.02 Å². The predicted octanol–water partition coefficient (Wildman–Crippen LogP) is -0.784. The second kappa shape index (κ2) is 1.40. The summed E-state index contributed by atoms with van der Waals surface area (Å²) in [6.07, 6.45) is 0. The number of amidine groups is 1. The van der Waals surface area contributed by atoms with Crippen LogP contribution in [0, 0.1) is 0 Å². The van der Waals surface area contributed by atoms with Gasteiger partial charge in [-0.25, -0.2) is 4.99 Å². The van der Waals surface area contributed by atoms with Crippen LogP contribution in [0.1, 0.15) is 6.92 Å². The maximum atomic E-state index is 5.45. The molecule has 0 amide bonds. The van der Waals surface area contributed by atoms with Gasteiger partial charge in [0.1, 0.15) is 7.85 Å². The van der Waals surface area contributed by atoms with E-state index < -0.39 is 5.50 Å². The summed E-state index contributed by atoms with van der Waals surface area (Å²) in [4.78, 5) is 3.74. The third-order valence-corrected chi connectivity index (χ3v) is 0.887. The van der Waals surface area contributed by atoms with Gasteiger partial charge in [-0.1, -0.05) is 0 Å². The van der Waals surface area contributed by atoms with E-state index in [0.29, 0.717) is 6.54 Å². The summed E-state index contributed by atoms with van der Waals surface area (Å²) in [6, 6.07) is 0.190. The molecule has 0 aromatic heterocycles. The molecule has 0 saturated heterocycles. The lowest BCUT2D eigenvalue weighted by atomic mass is 9.84. The van der Waals surface area contributed by atoms with E-state index in [1.165, 1.54) is 0 Å². The van der Waals surface area contributed by atoms with E-state index >= 15 is 0 Å². The van der Waals surface area contributed by atoms with Gasteiger partial charge in [-0.3, -0.25) is 0 Å². The van der Waals surface area contributed by atoms with E-state index in [1.54, 1.807) is 6.92 Å². The lowest BCUT2D eigenvalue weighted by Crippen LogP contribution is -2.31. The highest BCUT2D eigenvalue weighted by Gasteiger charge is 2.24. The van der Waals surface area contributed by atoms with Crippen molar-refractivity contribution in [3.8, 4) is 0 Å². The Balaban J connectivity index is 2.55. The molecule has 1 unspecified atom stereocenters. The molecule has 2 radical (unpaired) electrons. The van der Waals surface area contributed by atoms with Crippen LogP contribution in [0.25, 0.3) is 0 Å². The first kappa shape index (κ1) is 5.47. The maximum Gasteiger partial charge on any atom is 0.281 e. The molecular weight excluding hydrogens is 103 g/mol. The zero-order valence-corrected chi connectivity index (χ0v) is 4.72. The highest BCUT2D eigenvalue weighted by Crippen LogP contribution is 2.10. The molecule has 1 atom stereocenters. The Labute approximate surface area is 49.3 Å². The Morgan fingerprint density at radius 2 is 2.62 bits per heavy atom. The topological polar surface area (TPSA) is 47.6 Å². The maximum absolute atomic E-state index is 5.45. The molecule has 0 fully saturated rings. The normalized spacial score (nSPS) is 36.4. The van der Waals surface area contributed by atoms with Crippen LogP contribution in [0.5, 0.6) is 0 Å². The zero-order valence-electron chi connectivity index (χ0n) is 4.72. The first-order valence-electron chi connectivity index (χ1n) is 2.38. The number of nitrogens with zero attached hydrogens (tertiary/aromatic N) is 1. The van der Waals surface area contributed by atoms with Crippen molar-refractivity contribution >= 4 is 13.9 Å². The van der Waals surface area contributed by atoms with E-state index in [4.69, 9.17) is 18.3 Å². The minimum atomic E-state index is -0.663. The molecule has 0 aromatic carbocycles. The Morgan fingerprint density at radius 1 is 2.00 bits per heavy atom. The third kappa shape index (κ3) is 0.939. The summed E-state index contributed by atoms with van der Waals surface area (Å²) in [5.74, 6) is 0. The molecule has 8 heavy (non-hydrogen) atoms. The van der Waals surface area contributed by atoms with Crippen LogP contribution in [0.15, 0.2) is 4.99 Å². The van der Waals surface area contributed by atoms with Crippen molar-refractivity contribution in [2.45, 2.75) is 12.4 Å². The lowest BCUT2D eigenvalue weighted by Gasteiger charge is -2.15. The molecular formula is C4H7BN2O. The monoisotopic (exact) mass is 110 g/mol. The fraction of sp³-hybridized carbons (Fsp3) is 0.750. The molecule has 0 saturated carbocycles. The van der Waals surface area contributed by atoms with E-state index in [2.05, 4.69) is 4.99 Å². The Morgan fingerprint density at radius 3 is 2.75 bits per heavy atom. The number of hydrogen-bond acceptors (Lipinski definition) is 3. The molecule has 0 spiro atoms. The van der Waals surface area contributed by atoms with Gasteiger partial charge in [0.2, 0.25) is 0 Å². The quantitative estimate of drug-likeness (QED) is 0.415. The smallest absolute Gasteiger partial charge is 0.281 e. The second-order valence-electron chi connectivity index (χ2n) is 2.07. The number of hydrogen-bond donors (Lipinski definition) is 1. The second-order valence-corrected chi connectivity index (χ2v) is 2.07. The van der Waals surface area contributed by atoms with Crippen LogP contribution in [-0.2, 0) is 4.74 Å². The van der Waals surface area contributed by atoms with Crippen molar-refractivity contribution in [2.24, 2.45) is 10.7 Å². The summed E-state index contributed by atoms with van der Waals surface area (Å²) in [5.41, 5.74) is 4.50. The average Bonchev–Trinajstić information content (AvgIpc) is 1.82. The largest absolute Gasteiger partial charge is 0.468 e. The predicted molar refractivity (Wildman–Crippen MR) is 31.7 cm³/mol. The van der Waals surface area contributed by atoms with Crippen LogP contribution in [0.3, 0.4) is 0 Å². The highest BCUT2D eigenvalue weighted by molar-refractivity contribution is 6.15. The summed E-state index contributed by atoms with van der Waals surface area (Å²) in [7, 11) is 5.45. The van der Waals surface area contributed by atoms with Crippen molar-refractivity contribution in [2.75, 3.05) is 6.54 Å². The molecule has 0 bridgehead atoms. The molecule has 2 N–H and O–H groups in total. The van der Waals surface area contributed by atoms with E-state index in [1.807, 2.05) is 0 Å². The summed E-state index contributed by atoms with van der Waals surface area (Å²) in [5, 5.41) is 0. The van der Waals surface area contributed by atoms with Gasteiger partial charge < -0.3 is 10.5 Å². The molecule has 1 heterocycles. The Bertz CT molecular complexity index is 132. The molecule has 0 aliphatic carbocycles. The summed E-state index contributed by atoms with van der Waals surface area (Å²) in [6.45, 7) is 2.19. The van der Waals surface area contributed by atoms with Crippen molar-refractivity contribution in [1.29, 1.82) is 0 Å². The molecule has 0 aromatic rings. The minimum absolute atomic E-state index is 0.190. The molecule has 3 nitrogen and oxygen atoms in total. The summed E-state index contributed by atoms with van der Waals surface area (Å²) >= 11 is 0. The van der Waals surface area contributed by atoms with Crippen LogP contribution in [-0.4, -0.2) is 25.9 Å². The number of ether oxygens (including phenoxy) is 1. The van der Waals surface area contributed by atoms with Crippen LogP contribution in [0.4, 0.5) is 0 Å². The Hall–Kier alpha value is -0.665. The number of aliphatic imine (C=N–C) groups is 1. The van der Waals surface area contributed by atoms with Crippen molar-refractivity contribution < 1.29 is 4.74 Å². The van der Waals surface area contributed by atoms with Gasteiger partial charge in [0, 0.05) is 0 Å². The average molecular weight is 110 g/mol. The fourth-order valence-electron chi connectivity index (χ4n) is 0.538. The zero-order chi connectivity index (χ0) is 6.20. The molecule has 1 aliphatic heterocycles. The summed E-state index contributed by atoms with van der Waals surface area (Å²) < 4.78 is 4.85. The Kier molecular flexibility index (Phi) is 0.960. The van der Waals surface area contributed by atoms with E-state index in [-0.39, 0.29) is 6.02 Å². The SMILES string of the molecule is [B]C1(C)CN=C(N)O1. The fourth-order valence-corrected chi connectivity index (χ4v) is 0.538. The molecule has 4 heteroatoms. The van der Waals surface area contributed by atoms with Crippen LogP contribution in [0.2, 0.25) is 0 Å². The van der Waals surface area contributed by atoms with Crippen LogP contribution < -0.4 is 5.73 Å². The standard InChI is InChI=1S/C4H7BN2O/c1-4(5)2-7-3(6)8-4/h2H2,1H3,(H2,6,7). The van der Waals surface area contributed by atoms with Gasteiger partial charge in [-0.05, 0) is 6.92 Å². The van der Waals surface area contributed by atoms with Crippen molar-refractivity contribution in [3.05, 3.63) is 0 Å². The third-order valence-electron chi connectivity index (χ3n) is 0.887. The van der Waals surface area contributed by atoms with Crippen molar-refractivity contribution in [3.63, 3.8) is 0 Å². The van der Waals surface area contributed by atoms with E-state index in [9.17, 15) is 0 Å². The van der Waals surface area contributed by atoms with E-state index in [0.717, 1.165) is 0 Å². The van der Waals surface area contributed by atoms with Gasteiger partial charge in [0.05, 0.1) is 12.0 Å². The first-order chi connectivity index (χ1) is 3.60. The van der Waals surface area contributed by atoms with Gasteiger partial charge >= 0.3 is 0 Å². The minimum Gasteiger partial charge on any atom is -0.468 e. The molecule has 1 aliphatic rings. The molecule has 1 rings (SSSR count). The van der Waals surface area contributed by atoms with Crippen LogP contribution >= 0.6 is 0 Å². The number of rotatable bonds is 0. The van der Waals surface area contributed by atoms with Gasteiger partial charge in [-0.15, -0.1) is 0 Å². The molecule has 42 valence electrons. The van der Waals surface area contributed by atoms with Crippen molar-refractivity contribution in [1.82, 2.24) is 0 Å². The van der Waals surface area contributed by atoms with Gasteiger partial charge in [0.15, 0.2) is 0 Å². The number of nitrogens with two attached hydrogens (primary N) is 1.